The first-order chi connectivity index (χ1) is 3.39. The third-order valence-electron chi connectivity index (χ3n) is 0.774. The number of nitrogens with one attached hydrogen (secondary N) is 1. The van der Waals surface area contributed by atoms with E-state index < -0.39 is 0 Å². The van der Waals surface area contributed by atoms with Gasteiger partial charge in [0.1, 0.15) is 0 Å². The van der Waals surface area contributed by atoms with Gasteiger partial charge in [-0.2, -0.15) is 0 Å². The fraction of sp³-hybridized carbons (Fsp3) is 0. The molecule has 0 unspecified atom stereocenters. The molecule has 46 valence electrons. The van der Waals surface area contributed by atoms with Gasteiger partial charge in [-0.15, -0.1) is 5.69 Å². The zero-order valence-corrected chi connectivity index (χ0v) is 6.48. The van der Waals surface area contributed by atoms with Crippen LogP contribution in [0.3, 0.4) is 0 Å². The largest absolute Gasteiger partial charge is 0.699 e. The number of hydrogen-bond acceptors (Lipinski definition) is 0. The Morgan fingerprint density at radius 1 is 1.00 bits per heavy atom. The Labute approximate surface area is 63.2 Å². The summed E-state index contributed by atoms with van der Waals surface area (Å²) in [6.07, 6.45) is 0. The van der Waals surface area contributed by atoms with Crippen molar-refractivity contribution in [2.24, 2.45) is 0 Å². The van der Waals surface area contributed by atoms with Crippen LogP contribution in [0.4, 0.5) is 5.69 Å². The molecule has 8 heavy (non-hydrogen) atoms. The van der Waals surface area contributed by atoms with Crippen molar-refractivity contribution >= 4 is 5.69 Å². The van der Waals surface area contributed by atoms with E-state index in [9.17, 15) is 0 Å². The van der Waals surface area contributed by atoms with Gasteiger partial charge in [-0.25, -0.2) is 0 Å². The second-order valence-corrected chi connectivity index (χ2v) is 1.37. The van der Waals surface area contributed by atoms with Crippen LogP contribution in [0.1, 0.15) is 0 Å². The Morgan fingerprint density at radius 2 is 1.50 bits per heavy atom. The Hall–Kier alpha value is -0.292. The van der Waals surface area contributed by atoms with Gasteiger partial charge in [0.25, 0.3) is 0 Å². The van der Waals surface area contributed by atoms with E-state index in [1.54, 1.807) is 12.1 Å². The van der Waals surface area contributed by atoms with E-state index in [1.165, 1.54) is 0 Å². The smallest absolute Gasteiger partial charge is 0 e. The van der Waals surface area contributed by atoms with Gasteiger partial charge in [-0.3, -0.25) is 0 Å². The summed E-state index contributed by atoms with van der Waals surface area (Å²) >= 11 is 0. The standard InChI is InChI=1S/C6H6N.Pt/c7-6-4-2-1-3-5-6;/h1-5,7H;/q-1;. The molecule has 0 fully saturated rings. The minimum Gasteiger partial charge on any atom is -0.699 e. The third kappa shape index (κ3) is 2.13. The van der Waals surface area contributed by atoms with Gasteiger partial charge in [0.05, 0.1) is 0 Å². The molecular formula is C6H6NPt-. The molecular weight excluding hydrogens is 281 g/mol. The fourth-order valence-electron chi connectivity index (χ4n) is 0.438. The minimum absolute atomic E-state index is 0. The van der Waals surface area contributed by atoms with Crippen molar-refractivity contribution in [3.05, 3.63) is 36.1 Å². The van der Waals surface area contributed by atoms with Crippen LogP contribution >= 0.6 is 0 Å². The van der Waals surface area contributed by atoms with Gasteiger partial charge in [0, 0.05) is 21.1 Å². The van der Waals surface area contributed by atoms with E-state index in [0.29, 0.717) is 5.69 Å². The molecule has 1 rings (SSSR count). The SMILES string of the molecule is [NH-]c1ccccc1.[Pt]. The van der Waals surface area contributed by atoms with Crippen LogP contribution in [0.25, 0.3) is 5.73 Å². The normalized spacial score (nSPS) is 7.50. The zero-order chi connectivity index (χ0) is 5.11. The van der Waals surface area contributed by atoms with Gasteiger partial charge in [-0.05, 0) is 0 Å². The molecule has 1 aromatic carbocycles. The Balaban J connectivity index is 0.000000490. The van der Waals surface area contributed by atoms with Crippen LogP contribution in [-0.4, -0.2) is 0 Å². The molecule has 0 saturated carbocycles. The van der Waals surface area contributed by atoms with Crippen molar-refractivity contribution in [1.29, 1.82) is 0 Å². The summed E-state index contributed by atoms with van der Waals surface area (Å²) in [6.45, 7) is 0. The van der Waals surface area contributed by atoms with Gasteiger partial charge < -0.3 is 5.73 Å². The quantitative estimate of drug-likeness (QED) is 0.699. The average molecular weight is 287 g/mol. The van der Waals surface area contributed by atoms with Gasteiger partial charge >= 0.3 is 0 Å². The first kappa shape index (κ1) is 7.71. The topological polar surface area (TPSA) is 23.8 Å². The van der Waals surface area contributed by atoms with E-state index in [2.05, 4.69) is 0 Å². The van der Waals surface area contributed by atoms with Gasteiger partial charge in [-0.1, -0.05) is 30.3 Å². The molecule has 0 atom stereocenters. The van der Waals surface area contributed by atoms with Gasteiger partial charge in [0.15, 0.2) is 0 Å². The summed E-state index contributed by atoms with van der Waals surface area (Å²) < 4.78 is 0. The second-order valence-electron chi connectivity index (χ2n) is 1.37. The van der Waals surface area contributed by atoms with Crippen molar-refractivity contribution in [1.82, 2.24) is 0 Å². The monoisotopic (exact) mass is 287 g/mol. The van der Waals surface area contributed by atoms with Crippen LogP contribution in [0.2, 0.25) is 0 Å². The molecule has 0 aliphatic heterocycles. The van der Waals surface area contributed by atoms with Crippen molar-refractivity contribution in [3.8, 4) is 0 Å². The predicted octanol–water partition coefficient (Wildman–Crippen LogP) is 2.37. The van der Waals surface area contributed by atoms with Crippen molar-refractivity contribution in [2.75, 3.05) is 0 Å². The molecule has 0 saturated heterocycles. The van der Waals surface area contributed by atoms with Crippen LogP contribution in [0.5, 0.6) is 0 Å². The molecule has 0 aliphatic rings. The van der Waals surface area contributed by atoms with E-state index in [0.717, 1.165) is 0 Å². The summed E-state index contributed by atoms with van der Waals surface area (Å²) in [4.78, 5) is 0. The van der Waals surface area contributed by atoms with Crippen LogP contribution < -0.4 is 0 Å². The predicted molar refractivity (Wildman–Crippen MR) is 30.4 cm³/mol. The number of rotatable bonds is 0. The molecule has 0 aliphatic carbocycles. The summed E-state index contributed by atoms with van der Waals surface area (Å²) in [5.74, 6) is 0. The Morgan fingerprint density at radius 3 is 1.75 bits per heavy atom. The molecule has 0 bridgehead atoms. The molecule has 1 N–H and O–H groups in total. The average Bonchev–Trinajstić information content (AvgIpc) is 1.69. The van der Waals surface area contributed by atoms with E-state index in [-0.39, 0.29) is 21.1 Å². The maximum atomic E-state index is 7.00. The summed E-state index contributed by atoms with van der Waals surface area (Å²) in [7, 11) is 0. The maximum Gasteiger partial charge on any atom is 0 e. The van der Waals surface area contributed by atoms with E-state index in [1.807, 2.05) is 18.2 Å². The molecule has 0 radical (unpaired) electrons. The molecule has 0 heterocycles. The molecule has 1 nitrogen and oxygen atoms in total. The first-order valence-electron chi connectivity index (χ1n) is 2.16. The molecule has 2 heteroatoms. The van der Waals surface area contributed by atoms with Crippen LogP contribution in [-0.2, 0) is 21.1 Å². The van der Waals surface area contributed by atoms with Crippen molar-refractivity contribution in [3.63, 3.8) is 0 Å². The first-order valence-corrected chi connectivity index (χ1v) is 2.16. The molecule has 0 spiro atoms. The van der Waals surface area contributed by atoms with Crippen LogP contribution in [0.15, 0.2) is 30.3 Å². The molecule has 0 amide bonds. The second kappa shape index (κ2) is 3.68. The van der Waals surface area contributed by atoms with Gasteiger partial charge in [0.2, 0.25) is 0 Å². The Bertz CT molecular complexity index is 138. The summed E-state index contributed by atoms with van der Waals surface area (Å²) in [5, 5.41) is 0. The summed E-state index contributed by atoms with van der Waals surface area (Å²) in [6, 6.07) is 9.10. The molecule has 0 aromatic heterocycles. The fourth-order valence-corrected chi connectivity index (χ4v) is 0.438. The zero-order valence-electron chi connectivity index (χ0n) is 4.20. The maximum absolute atomic E-state index is 7.00. The minimum atomic E-state index is 0. The third-order valence-corrected chi connectivity index (χ3v) is 0.774. The van der Waals surface area contributed by atoms with Crippen molar-refractivity contribution in [2.45, 2.75) is 0 Å². The van der Waals surface area contributed by atoms with Crippen LogP contribution in [0, 0.1) is 0 Å². The number of benzene rings is 1. The van der Waals surface area contributed by atoms with Crippen molar-refractivity contribution < 1.29 is 21.1 Å². The van der Waals surface area contributed by atoms with E-state index in [4.69, 9.17) is 5.73 Å². The number of hydrogen-bond donors (Lipinski definition) is 0. The Kier molecular flexibility index (Phi) is 3.54. The summed E-state index contributed by atoms with van der Waals surface area (Å²) in [5.41, 5.74) is 7.57. The van der Waals surface area contributed by atoms with E-state index >= 15 is 0 Å². The molecule has 1 aromatic rings.